The fourth-order valence-corrected chi connectivity index (χ4v) is 6.67. The van der Waals surface area contributed by atoms with Gasteiger partial charge in [0.2, 0.25) is 11.8 Å². The van der Waals surface area contributed by atoms with E-state index >= 15 is 0 Å². The number of nitrogens with one attached hydrogen (secondary N) is 1. The molecule has 0 fully saturated rings. The Kier molecular flexibility index (Phi) is 12.2. The molecule has 0 unspecified atom stereocenters. The average Bonchev–Trinajstić information content (AvgIpc) is 3.09. The number of hydrogen-bond acceptors (Lipinski definition) is 5. The number of anilines is 1. The van der Waals surface area contributed by atoms with Gasteiger partial charge in [0.05, 0.1) is 17.7 Å². The van der Waals surface area contributed by atoms with Crippen LogP contribution in [0.15, 0.2) is 114 Å². The minimum absolute atomic E-state index is 0.0625. The molecule has 2 amide bonds. The molecule has 0 aliphatic heterocycles. The lowest BCUT2D eigenvalue weighted by atomic mass is 10.0. The molecule has 8 nitrogen and oxygen atoms in total. The first-order valence-electron chi connectivity index (χ1n) is 16.0. The molecule has 1 N–H and O–H groups in total. The molecule has 0 saturated carbocycles. The van der Waals surface area contributed by atoms with E-state index in [4.69, 9.17) is 4.74 Å². The number of nitrogens with zero attached hydrogens (tertiary/aromatic N) is 2. The van der Waals surface area contributed by atoms with E-state index in [9.17, 15) is 18.0 Å². The summed E-state index contributed by atoms with van der Waals surface area (Å²) in [5.41, 5.74) is 3.02. The van der Waals surface area contributed by atoms with Crippen LogP contribution in [0.5, 0.6) is 5.75 Å². The van der Waals surface area contributed by atoms with Crippen LogP contribution in [0, 0.1) is 0 Å². The van der Waals surface area contributed by atoms with Crippen molar-refractivity contribution in [2.24, 2.45) is 0 Å². The molecule has 0 aromatic heterocycles. The van der Waals surface area contributed by atoms with Gasteiger partial charge >= 0.3 is 0 Å². The predicted molar refractivity (Wildman–Crippen MR) is 187 cm³/mol. The highest BCUT2D eigenvalue weighted by molar-refractivity contribution is 7.92. The van der Waals surface area contributed by atoms with Gasteiger partial charge in [-0.05, 0) is 72.4 Å². The molecule has 248 valence electrons. The molecule has 4 aromatic rings. The Morgan fingerprint density at radius 2 is 1.43 bits per heavy atom. The van der Waals surface area contributed by atoms with Gasteiger partial charge in [0, 0.05) is 19.0 Å². The number of benzene rings is 4. The summed E-state index contributed by atoms with van der Waals surface area (Å²) in [6, 6.07) is 31.1. The Hall–Kier alpha value is -4.63. The minimum Gasteiger partial charge on any atom is -0.497 e. The van der Waals surface area contributed by atoms with Gasteiger partial charge in [0.1, 0.15) is 18.3 Å². The zero-order chi connectivity index (χ0) is 34.0. The molecule has 0 aliphatic carbocycles. The van der Waals surface area contributed by atoms with E-state index in [0.29, 0.717) is 17.9 Å². The van der Waals surface area contributed by atoms with E-state index in [1.807, 2.05) is 80.6 Å². The molecule has 0 spiro atoms. The molecule has 0 radical (unpaired) electrons. The maximum atomic E-state index is 14.6. The Labute approximate surface area is 279 Å². The molecule has 2 atom stereocenters. The second-order valence-corrected chi connectivity index (χ2v) is 13.8. The van der Waals surface area contributed by atoms with Crippen molar-refractivity contribution in [1.29, 1.82) is 0 Å². The van der Waals surface area contributed by atoms with Crippen LogP contribution in [0.2, 0.25) is 0 Å². The highest BCUT2D eigenvalue weighted by atomic mass is 32.2. The number of carbonyl (C=O) groups is 2. The van der Waals surface area contributed by atoms with Gasteiger partial charge in [-0.1, -0.05) is 93.6 Å². The quantitative estimate of drug-likeness (QED) is 0.156. The number of hydrogen-bond donors (Lipinski definition) is 1. The number of rotatable bonds is 15. The van der Waals surface area contributed by atoms with Crippen LogP contribution in [-0.2, 0) is 32.6 Å². The van der Waals surface area contributed by atoms with Crippen LogP contribution in [0.3, 0.4) is 0 Å². The van der Waals surface area contributed by atoms with E-state index in [0.717, 1.165) is 21.0 Å². The van der Waals surface area contributed by atoms with Crippen molar-refractivity contribution < 1.29 is 22.7 Å². The molecule has 47 heavy (non-hydrogen) atoms. The summed E-state index contributed by atoms with van der Waals surface area (Å²) in [4.78, 5) is 30.2. The number of carbonyl (C=O) groups excluding carboxylic acids is 2. The van der Waals surface area contributed by atoms with E-state index in [1.54, 1.807) is 37.4 Å². The van der Waals surface area contributed by atoms with Crippen LogP contribution in [-0.4, -0.2) is 50.9 Å². The standard InChI is InChI=1S/C38H45N3O5S/c1-6-29(4)39-38(43)36(25-30-14-9-7-10-15-30)40(26-31-16-13-17-34(24-31)46-5)37(42)27-41(33-22-20-32(21-23-33)28(2)3)47(44,45)35-18-11-8-12-19-35/h7-24,28-29,36H,6,25-27H2,1-5H3,(H,39,43)/t29-,36+/m0/s1. The van der Waals surface area contributed by atoms with Gasteiger partial charge in [-0.2, -0.15) is 0 Å². The zero-order valence-electron chi connectivity index (χ0n) is 27.8. The van der Waals surface area contributed by atoms with E-state index < -0.39 is 28.5 Å². The summed E-state index contributed by atoms with van der Waals surface area (Å²) in [6.45, 7) is 7.57. The van der Waals surface area contributed by atoms with E-state index in [2.05, 4.69) is 19.2 Å². The summed E-state index contributed by atoms with van der Waals surface area (Å²) >= 11 is 0. The smallest absolute Gasteiger partial charge is 0.264 e. The second-order valence-electron chi connectivity index (χ2n) is 12.0. The Morgan fingerprint density at radius 1 is 0.809 bits per heavy atom. The van der Waals surface area contributed by atoms with Gasteiger partial charge in [0.15, 0.2) is 0 Å². The molecule has 4 aromatic carbocycles. The van der Waals surface area contributed by atoms with Crippen LogP contribution in [0.25, 0.3) is 0 Å². The first-order valence-corrected chi connectivity index (χ1v) is 17.4. The summed E-state index contributed by atoms with van der Waals surface area (Å²) in [5.74, 6) is 0.0294. The third-order valence-electron chi connectivity index (χ3n) is 8.22. The van der Waals surface area contributed by atoms with Crippen LogP contribution in [0.1, 0.15) is 56.7 Å². The summed E-state index contributed by atoms with van der Waals surface area (Å²) in [6.07, 6.45) is 0.955. The van der Waals surface area contributed by atoms with Crippen LogP contribution in [0.4, 0.5) is 5.69 Å². The normalized spacial score (nSPS) is 12.6. The number of ether oxygens (including phenoxy) is 1. The largest absolute Gasteiger partial charge is 0.497 e. The van der Waals surface area contributed by atoms with E-state index in [-0.39, 0.29) is 35.7 Å². The number of sulfonamides is 1. The maximum absolute atomic E-state index is 14.6. The molecule has 0 saturated heterocycles. The Morgan fingerprint density at radius 3 is 2.02 bits per heavy atom. The first kappa shape index (κ1) is 35.2. The SMILES string of the molecule is CC[C@H](C)NC(=O)[C@@H](Cc1ccccc1)N(Cc1cccc(OC)c1)C(=O)CN(c1ccc(C(C)C)cc1)S(=O)(=O)c1ccccc1. The van der Waals surface area contributed by atoms with Crippen molar-refractivity contribution in [3.8, 4) is 5.75 Å². The van der Waals surface area contributed by atoms with Crippen molar-refractivity contribution in [2.75, 3.05) is 18.0 Å². The second kappa shape index (κ2) is 16.3. The third-order valence-corrected chi connectivity index (χ3v) is 10.0. The molecule has 0 bridgehead atoms. The lowest BCUT2D eigenvalue weighted by Gasteiger charge is -2.34. The molecular weight excluding hydrogens is 611 g/mol. The topological polar surface area (TPSA) is 96.0 Å². The van der Waals surface area contributed by atoms with Crippen molar-refractivity contribution >= 4 is 27.5 Å². The third kappa shape index (κ3) is 9.23. The zero-order valence-corrected chi connectivity index (χ0v) is 28.6. The van der Waals surface area contributed by atoms with Crippen molar-refractivity contribution in [3.05, 3.63) is 126 Å². The Bertz CT molecular complexity index is 1710. The molecule has 0 heterocycles. The summed E-state index contributed by atoms with van der Waals surface area (Å²) in [7, 11) is -2.60. The lowest BCUT2D eigenvalue weighted by Crippen LogP contribution is -2.54. The van der Waals surface area contributed by atoms with Crippen molar-refractivity contribution in [3.63, 3.8) is 0 Å². The first-order chi connectivity index (χ1) is 22.5. The number of amides is 2. The van der Waals surface area contributed by atoms with Gasteiger partial charge < -0.3 is 15.0 Å². The maximum Gasteiger partial charge on any atom is 0.264 e. The monoisotopic (exact) mass is 655 g/mol. The summed E-state index contributed by atoms with van der Waals surface area (Å²) < 4.78 is 35.0. The molecule has 9 heteroatoms. The number of methoxy groups -OCH3 is 1. The molecule has 4 rings (SSSR count). The fourth-order valence-electron chi connectivity index (χ4n) is 5.24. The average molecular weight is 656 g/mol. The van der Waals surface area contributed by atoms with Crippen molar-refractivity contribution in [1.82, 2.24) is 10.2 Å². The van der Waals surface area contributed by atoms with Crippen LogP contribution < -0.4 is 14.4 Å². The van der Waals surface area contributed by atoms with Crippen molar-refractivity contribution in [2.45, 2.75) is 70.0 Å². The van der Waals surface area contributed by atoms with Gasteiger partial charge in [-0.3, -0.25) is 13.9 Å². The summed E-state index contributed by atoms with van der Waals surface area (Å²) in [5, 5.41) is 3.06. The Balaban J connectivity index is 1.82. The minimum atomic E-state index is -4.16. The lowest BCUT2D eigenvalue weighted by molar-refractivity contribution is -0.140. The molecule has 0 aliphatic rings. The molecular formula is C38H45N3O5S. The predicted octanol–water partition coefficient (Wildman–Crippen LogP) is 6.57. The highest BCUT2D eigenvalue weighted by Crippen LogP contribution is 2.27. The fraction of sp³-hybridized carbons (Fsp3) is 0.316. The van der Waals surface area contributed by atoms with Gasteiger partial charge in [0.25, 0.3) is 10.0 Å². The van der Waals surface area contributed by atoms with E-state index in [1.165, 1.54) is 17.0 Å². The van der Waals surface area contributed by atoms with Gasteiger partial charge in [-0.25, -0.2) is 8.42 Å². The van der Waals surface area contributed by atoms with Crippen LogP contribution >= 0.6 is 0 Å². The van der Waals surface area contributed by atoms with Gasteiger partial charge in [-0.15, -0.1) is 0 Å². The highest BCUT2D eigenvalue weighted by Gasteiger charge is 2.35.